The summed E-state index contributed by atoms with van der Waals surface area (Å²) >= 11 is 0. The highest BCUT2D eigenvalue weighted by molar-refractivity contribution is 4.36. The van der Waals surface area contributed by atoms with Gasteiger partial charge in [-0.25, -0.2) is 0 Å². The van der Waals surface area contributed by atoms with Gasteiger partial charge in [0, 0.05) is 0 Å². The minimum atomic E-state index is 0. The second-order valence-electron chi connectivity index (χ2n) is 0.0894. The maximum atomic E-state index is 6.75. The van der Waals surface area contributed by atoms with Crippen molar-refractivity contribution in [2.45, 2.75) is 0 Å². The molecule has 0 rings (SSSR count). The Hall–Kier alpha value is -0.900. The van der Waals surface area contributed by atoms with Gasteiger partial charge in [0.1, 0.15) is 0 Å². The second-order valence-corrected chi connectivity index (χ2v) is 0.0894. The van der Waals surface area contributed by atoms with Crippen LogP contribution in [0.5, 0.6) is 0 Å². The Balaban J connectivity index is -0.00000000667. The van der Waals surface area contributed by atoms with Crippen molar-refractivity contribution in [2.75, 3.05) is 0 Å². The molecule has 40 valence electrons. The minimum Gasteiger partial charge on any atom is -0.373 e. The van der Waals surface area contributed by atoms with Crippen LogP contribution in [0.1, 0.15) is 0 Å². The quantitative estimate of drug-likeness (QED) is 0.251. The van der Waals surface area contributed by atoms with Gasteiger partial charge in [-0.3, -0.25) is 19.0 Å². The van der Waals surface area contributed by atoms with Crippen molar-refractivity contribution in [1.29, 1.82) is 0 Å². The van der Waals surface area contributed by atoms with Gasteiger partial charge in [0.25, 0.3) is 0 Å². The van der Waals surface area contributed by atoms with Crippen molar-refractivity contribution in [3.05, 3.63) is 16.0 Å². The van der Waals surface area contributed by atoms with E-state index in [1.54, 1.807) is 0 Å². The van der Waals surface area contributed by atoms with Gasteiger partial charge >= 0.3 is 0 Å². The molecule has 0 aliphatic rings. The topological polar surface area (TPSA) is 58.7 Å². The van der Waals surface area contributed by atoms with Gasteiger partial charge < -0.3 is 11.1 Å². The number of halogens is 3. The van der Waals surface area contributed by atoms with E-state index in [1.807, 2.05) is 0 Å². The van der Waals surface area contributed by atoms with Gasteiger partial charge in [0.2, 0.25) is 0 Å². The first-order valence-electron chi connectivity index (χ1n) is 0.400. The summed E-state index contributed by atoms with van der Waals surface area (Å²) in [5.41, 5.74) is 13.5. The third kappa shape index (κ3) is 16.9. The molecule has 3 nitrogen and oxygen atoms in total. The van der Waals surface area contributed by atoms with Crippen LogP contribution in [-0.4, -0.2) is 0 Å². The van der Waals surface area contributed by atoms with Gasteiger partial charge in [-0.05, 0) is 0 Å². The largest absolute Gasteiger partial charge is 0.373 e. The Bertz CT molecular complexity index is 27.0. The summed E-state index contributed by atoms with van der Waals surface area (Å²) in [6, 6.07) is 0. The Morgan fingerprint density at radius 3 is 0.833 bits per heavy atom. The summed E-state index contributed by atoms with van der Waals surface area (Å²) in [5, 5.41) is 0. The first-order valence-corrected chi connectivity index (χ1v) is 0.400. The molecule has 0 saturated carbocycles. The van der Waals surface area contributed by atoms with E-state index in [4.69, 9.17) is 11.1 Å². The van der Waals surface area contributed by atoms with Crippen molar-refractivity contribution >= 4 is 0 Å². The van der Waals surface area contributed by atoms with Crippen LogP contribution in [0.25, 0.3) is 16.0 Å². The minimum absolute atomic E-state index is 0. The first-order chi connectivity index (χ1) is 1.41. The molecule has 0 aliphatic carbocycles. The van der Waals surface area contributed by atoms with Crippen LogP contribution >= 0.6 is 0 Å². The second kappa shape index (κ2) is 3940. The van der Waals surface area contributed by atoms with E-state index in [-0.39, 0.29) is 14.1 Å². The maximum absolute atomic E-state index is 6.75. The molecule has 0 radical (unpaired) electrons. The molecular weight excluding hydrogens is 99.0 g/mol. The summed E-state index contributed by atoms with van der Waals surface area (Å²) in [6.45, 7) is 0. The highest BCUT2D eigenvalue weighted by Crippen LogP contribution is 1.29. The summed E-state index contributed by atoms with van der Waals surface area (Å²) in [5.74, 6) is 0. The lowest BCUT2D eigenvalue weighted by molar-refractivity contribution is 1.11. The molecule has 0 aromatic carbocycles. The van der Waals surface area contributed by atoms with E-state index in [0.717, 1.165) is 0 Å². The normalized spacial score (nSPS) is 1.33. The maximum Gasteiger partial charge on any atom is -0.255 e. The Labute approximate surface area is 31.5 Å². The molecule has 0 atom stereocenters. The molecule has 0 fully saturated rings. The highest BCUT2D eigenvalue weighted by Gasteiger charge is 0.689. The third-order valence-corrected chi connectivity index (χ3v) is 0. The van der Waals surface area contributed by atoms with Gasteiger partial charge in [0.15, 0.2) is 0 Å². The molecule has 0 saturated heterocycles. The van der Waals surface area contributed by atoms with Crippen LogP contribution in [0.15, 0.2) is 0 Å². The zero-order chi connectivity index (χ0) is 2.71. The predicted octanol–water partition coefficient (Wildman–Crippen LogP) is 1.32. The van der Waals surface area contributed by atoms with Crippen LogP contribution in [0.3, 0.4) is 0 Å². The molecular formula is H3F3N3-. The first kappa shape index (κ1) is 70.9. The Kier molecular flexibility index (Phi) is 46500. The van der Waals surface area contributed by atoms with Crippen LogP contribution in [-0.2, 0) is 0 Å². The zero-order valence-corrected chi connectivity index (χ0v) is 2.57. The SMILES string of the molecule is F.F.F.[N-]=[N+]=[N-]. The molecule has 0 spiro atoms. The molecule has 0 amide bonds. The smallest absolute Gasteiger partial charge is 0.255 e. The monoisotopic (exact) mass is 102 g/mol. The van der Waals surface area contributed by atoms with Crippen LogP contribution < -0.4 is 0 Å². The number of nitrogens with zero attached hydrogens (tertiary/aromatic N) is 3. The van der Waals surface area contributed by atoms with Gasteiger partial charge in [-0.15, -0.1) is 0 Å². The number of hydrogen-bond donors (Lipinski definition) is 0. The predicted molar refractivity (Wildman–Crippen MR) is 17.6 cm³/mol. The van der Waals surface area contributed by atoms with Crippen LogP contribution in [0.2, 0.25) is 0 Å². The van der Waals surface area contributed by atoms with Crippen LogP contribution in [0.4, 0.5) is 14.1 Å². The lowest BCUT2D eigenvalue weighted by Gasteiger charge is -1.31. The summed E-state index contributed by atoms with van der Waals surface area (Å²) < 4.78 is 0. The van der Waals surface area contributed by atoms with E-state index in [2.05, 4.69) is 0 Å². The van der Waals surface area contributed by atoms with E-state index in [0.29, 0.717) is 0 Å². The standard InChI is InChI=1S/3FH.N3/c;;;1-3-2/h3*1H;/q;;;-1. The lowest BCUT2D eigenvalue weighted by Crippen LogP contribution is -0.711. The molecule has 0 unspecified atom stereocenters. The molecule has 0 bridgehead atoms. The molecule has 0 aromatic rings. The van der Waals surface area contributed by atoms with Crippen molar-refractivity contribution in [3.63, 3.8) is 0 Å². The molecule has 0 aliphatic heterocycles. The molecule has 0 N–H and O–H groups in total. The zero-order valence-electron chi connectivity index (χ0n) is 2.57. The fraction of sp³-hybridized carbons (Fsp3) is 0. The van der Waals surface area contributed by atoms with E-state index in [9.17, 15) is 0 Å². The summed E-state index contributed by atoms with van der Waals surface area (Å²) in [4.78, 5) is 1.50. The average molecular weight is 102 g/mol. The number of rotatable bonds is 0. The van der Waals surface area contributed by atoms with E-state index < -0.39 is 0 Å². The van der Waals surface area contributed by atoms with Crippen LogP contribution in [0, 0.1) is 0 Å². The van der Waals surface area contributed by atoms with Crippen molar-refractivity contribution in [1.82, 2.24) is 0 Å². The molecule has 0 heterocycles. The van der Waals surface area contributed by atoms with E-state index in [1.165, 1.54) is 4.91 Å². The van der Waals surface area contributed by atoms with Gasteiger partial charge in [0.05, 0.1) is 0 Å². The molecule has 0 aromatic heterocycles. The van der Waals surface area contributed by atoms with Gasteiger partial charge in [-0.1, -0.05) is 0 Å². The lowest BCUT2D eigenvalue weighted by atomic mass is 13.0. The third-order valence-electron chi connectivity index (χ3n) is 0. The molecule has 6 heteroatoms. The number of hydrogen-bond acceptors (Lipinski definition) is 0. The van der Waals surface area contributed by atoms with Crippen molar-refractivity contribution < 1.29 is 14.1 Å². The van der Waals surface area contributed by atoms with Crippen molar-refractivity contribution in [2.24, 2.45) is 0 Å². The summed E-state index contributed by atoms with van der Waals surface area (Å²) in [6.07, 6.45) is 0. The van der Waals surface area contributed by atoms with Gasteiger partial charge in [-0.2, -0.15) is 0 Å². The fourth-order valence-corrected chi connectivity index (χ4v) is 0. The fourth-order valence-electron chi connectivity index (χ4n) is 0. The average Bonchev–Trinajstić information content (AvgIpc) is 0.918. The highest BCUT2D eigenvalue weighted by atomic mass is 19.0. The Morgan fingerprint density at radius 1 is 0.833 bits per heavy atom. The van der Waals surface area contributed by atoms with Crippen molar-refractivity contribution in [3.8, 4) is 0 Å². The Morgan fingerprint density at radius 2 is 0.833 bits per heavy atom. The molecule has 6 heavy (non-hydrogen) atoms. The van der Waals surface area contributed by atoms with E-state index >= 15 is 0 Å². The summed E-state index contributed by atoms with van der Waals surface area (Å²) in [7, 11) is 0.